The molecular weight excluding hydrogens is 256 g/mol. The van der Waals surface area contributed by atoms with E-state index in [-0.39, 0.29) is 0 Å². The number of para-hydroxylation sites is 2. The summed E-state index contributed by atoms with van der Waals surface area (Å²) in [4.78, 5) is 5.52. The van der Waals surface area contributed by atoms with Crippen LogP contribution in [0.4, 0.5) is 5.69 Å². The standard InChI is InChI=1S/C15H20N2OS/c1-11(2)9-18-14-7-5-4-6-13(14)16-8-15-12(3)17-10-19-15/h4-7,10-11,16H,8-9H2,1-3H3. The van der Waals surface area contributed by atoms with Crippen LogP contribution >= 0.6 is 11.3 Å². The van der Waals surface area contributed by atoms with Gasteiger partial charge in [0, 0.05) is 4.88 Å². The first-order valence-corrected chi connectivity index (χ1v) is 7.39. The Morgan fingerprint density at radius 2 is 2.11 bits per heavy atom. The molecule has 1 N–H and O–H groups in total. The second-order valence-corrected chi connectivity index (χ2v) is 5.85. The molecule has 0 bridgehead atoms. The van der Waals surface area contributed by atoms with Crippen LogP contribution in [0.3, 0.4) is 0 Å². The third kappa shape index (κ3) is 3.96. The summed E-state index contributed by atoms with van der Waals surface area (Å²) in [6.45, 7) is 7.86. The molecule has 0 fully saturated rings. The van der Waals surface area contributed by atoms with Gasteiger partial charge in [-0.05, 0) is 25.0 Å². The van der Waals surface area contributed by atoms with E-state index in [1.165, 1.54) is 4.88 Å². The third-order valence-corrected chi connectivity index (χ3v) is 3.68. The zero-order chi connectivity index (χ0) is 13.7. The van der Waals surface area contributed by atoms with E-state index in [0.29, 0.717) is 5.92 Å². The lowest BCUT2D eigenvalue weighted by atomic mass is 10.2. The first kappa shape index (κ1) is 13.9. The lowest BCUT2D eigenvalue weighted by molar-refractivity contribution is 0.272. The Kier molecular flexibility index (Phi) is 4.80. The fraction of sp³-hybridized carbons (Fsp3) is 0.400. The Hall–Kier alpha value is -1.55. The Bertz CT molecular complexity index is 522. The van der Waals surface area contributed by atoms with Crippen molar-refractivity contribution in [3.8, 4) is 5.75 Å². The minimum absolute atomic E-state index is 0.525. The molecule has 0 saturated carbocycles. The van der Waals surface area contributed by atoms with Gasteiger partial charge in [-0.15, -0.1) is 11.3 Å². The van der Waals surface area contributed by atoms with Gasteiger partial charge < -0.3 is 10.1 Å². The molecule has 0 atom stereocenters. The lowest BCUT2D eigenvalue weighted by Crippen LogP contribution is -2.07. The second-order valence-electron chi connectivity index (χ2n) is 4.92. The number of rotatable bonds is 6. The summed E-state index contributed by atoms with van der Waals surface area (Å²) in [6.07, 6.45) is 0. The van der Waals surface area contributed by atoms with Crippen molar-refractivity contribution < 1.29 is 4.74 Å². The Balaban J connectivity index is 2.01. The SMILES string of the molecule is Cc1ncsc1CNc1ccccc1OCC(C)C. The van der Waals surface area contributed by atoms with Gasteiger partial charge in [0.05, 0.1) is 30.0 Å². The number of aryl methyl sites for hydroxylation is 1. The number of nitrogens with one attached hydrogen (secondary N) is 1. The molecule has 0 saturated heterocycles. The quantitative estimate of drug-likeness (QED) is 0.862. The molecule has 4 heteroatoms. The van der Waals surface area contributed by atoms with Gasteiger partial charge in [-0.1, -0.05) is 26.0 Å². The Morgan fingerprint density at radius 1 is 1.32 bits per heavy atom. The molecule has 0 unspecified atom stereocenters. The van der Waals surface area contributed by atoms with Crippen LogP contribution in [0, 0.1) is 12.8 Å². The van der Waals surface area contributed by atoms with Crippen LogP contribution < -0.4 is 10.1 Å². The highest BCUT2D eigenvalue weighted by Gasteiger charge is 2.06. The Labute approximate surface area is 118 Å². The number of hydrogen-bond donors (Lipinski definition) is 1. The highest BCUT2D eigenvalue weighted by atomic mass is 32.1. The molecule has 1 aromatic carbocycles. The molecule has 3 nitrogen and oxygen atoms in total. The van der Waals surface area contributed by atoms with Gasteiger partial charge in [-0.2, -0.15) is 0 Å². The number of thiazole rings is 1. The van der Waals surface area contributed by atoms with E-state index in [4.69, 9.17) is 4.74 Å². The number of benzene rings is 1. The number of nitrogens with zero attached hydrogens (tertiary/aromatic N) is 1. The highest BCUT2D eigenvalue weighted by Crippen LogP contribution is 2.25. The smallest absolute Gasteiger partial charge is 0.142 e. The van der Waals surface area contributed by atoms with Crippen molar-refractivity contribution >= 4 is 17.0 Å². The summed E-state index contributed by atoms with van der Waals surface area (Å²) >= 11 is 1.68. The predicted octanol–water partition coefficient (Wildman–Crippen LogP) is 4.10. The summed E-state index contributed by atoms with van der Waals surface area (Å²) in [5.41, 5.74) is 4.02. The van der Waals surface area contributed by atoms with Gasteiger partial charge in [0.15, 0.2) is 0 Å². The fourth-order valence-electron chi connectivity index (χ4n) is 1.67. The molecule has 0 amide bonds. The molecule has 2 rings (SSSR count). The van der Waals surface area contributed by atoms with Crippen LogP contribution in [0.5, 0.6) is 5.75 Å². The first-order valence-electron chi connectivity index (χ1n) is 6.51. The van der Waals surface area contributed by atoms with Crippen molar-refractivity contribution in [2.45, 2.75) is 27.3 Å². The number of hydrogen-bond acceptors (Lipinski definition) is 4. The molecule has 1 heterocycles. The minimum atomic E-state index is 0.525. The summed E-state index contributed by atoms with van der Waals surface area (Å²) in [7, 11) is 0. The molecular formula is C15H20N2OS. The third-order valence-electron chi connectivity index (χ3n) is 2.74. The van der Waals surface area contributed by atoms with E-state index < -0.39 is 0 Å². The van der Waals surface area contributed by atoms with Gasteiger partial charge in [0.25, 0.3) is 0 Å². The molecule has 0 aliphatic rings. The summed E-state index contributed by atoms with van der Waals surface area (Å²) < 4.78 is 5.82. The zero-order valence-corrected chi connectivity index (χ0v) is 12.5. The van der Waals surface area contributed by atoms with Crippen LogP contribution in [-0.4, -0.2) is 11.6 Å². The van der Waals surface area contributed by atoms with Crippen molar-refractivity contribution in [3.05, 3.63) is 40.3 Å². The predicted molar refractivity (Wildman–Crippen MR) is 81.0 cm³/mol. The van der Waals surface area contributed by atoms with Gasteiger partial charge >= 0.3 is 0 Å². The van der Waals surface area contributed by atoms with Gasteiger partial charge in [-0.3, -0.25) is 0 Å². The lowest BCUT2D eigenvalue weighted by Gasteiger charge is -2.14. The largest absolute Gasteiger partial charge is 0.491 e. The van der Waals surface area contributed by atoms with E-state index in [0.717, 1.165) is 30.3 Å². The van der Waals surface area contributed by atoms with E-state index >= 15 is 0 Å². The molecule has 0 aliphatic carbocycles. The summed E-state index contributed by atoms with van der Waals surface area (Å²) in [5, 5.41) is 3.43. The topological polar surface area (TPSA) is 34.2 Å². The average molecular weight is 276 g/mol. The summed E-state index contributed by atoms with van der Waals surface area (Å²) in [5.74, 6) is 1.44. The van der Waals surface area contributed by atoms with Gasteiger partial charge in [0.1, 0.15) is 5.75 Å². The van der Waals surface area contributed by atoms with E-state index in [9.17, 15) is 0 Å². The minimum Gasteiger partial charge on any atom is -0.491 e. The van der Waals surface area contributed by atoms with Crippen molar-refractivity contribution in [2.75, 3.05) is 11.9 Å². The van der Waals surface area contributed by atoms with Gasteiger partial charge in [0.2, 0.25) is 0 Å². The zero-order valence-electron chi connectivity index (χ0n) is 11.6. The highest BCUT2D eigenvalue weighted by molar-refractivity contribution is 7.09. The molecule has 102 valence electrons. The van der Waals surface area contributed by atoms with Crippen molar-refractivity contribution in [2.24, 2.45) is 5.92 Å². The van der Waals surface area contributed by atoms with E-state index in [1.807, 2.05) is 36.7 Å². The van der Waals surface area contributed by atoms with E-state index in [1.54, 1.807) is 11.3 Å². The first-order chi connectivity index (χ1) is 9.16. The van der Waals surface area contributed by atoms with Crippen molar-refractivity contribution in [1.82, 2.24) is 4.98 Å². The maximum absolute atomic E-state index is 5.82. The van der Waals surface area contributed by atoms with Crippen LogP contribution in [-0.2, 0) is 6.54 Å². The van der Waals surface area contributed by atoms with Crippen molar-refractivity contribution in [1.29, 1.82) is 0 Å². The molecule has 0 aliphatic heterocycles. The molecule has 2 aromatic rings. The van der Waals surface area contributed by atoms with Gasteiger partial charge in [-0.25, -0.2) is 4.98 Å². The molecule has 1 aromatic heterocycles. The number of anilines is 1. The monoisotopic (exact) mass is 276 g/mol. The molecule has 0 radical (unpaired) electrons. The Morgan fingerprint density at radius 3 is 2.79 bits per heavy atom. The van der Waals surface area contributed by atoms with E-state index in [2.05, 4.69) is 24.1 Å². The number of aromatic nitrogens is 1. The van der Waals surface area contributed by atoms with Crippen LogP contribution in [0.15, 0.2) is 29.8 Å². The van der Waals surface area contributed by atoms with Crippen LogP contribution in [0.25, 0.3) is 0 Å². The van der Waals surface area contributed by atoms with Crippen LogP contribution in [0.2, 0.25) is 0 Å². The maximum atomic E-state index is 5.82. The fourth-order valence-corrected chi connectivity index (χ4v) is 2.38. The number of ether oxygens (including phenoxy) is 1. The van der Waals surface area contributed by atoms with Crippen molar-refractivity contribution in [3.63, 3.8) is 0 Å². The summed E-state index contributed by atoms with van der Waals surface area (Å²) in [6, 6.07) is 8.07. The second kappa shape index (κ2) is 6.57. The molecule has 0 spiro atoms. The maximum Gasteiger partial charge on any atom is 0.142 e. The normalized spacial score (nSPS) is 10.7. The van der Waals surface area contributed by atoms with Crippen LogP contribution in [0.1, 0.15) is 24.4 Å². The average Bonchev–Trinajstić information content (AvgIpc) is 2.80. The molecule has 19 heavy (non-hydrogen) atoms.